The minimum atomic E-state index is -2.08. The molecule has 0 saturated carbocycles. The zero-order valence-electron chi connectivity index (χ0n) is 17.4. The quantitative estimate of drug-likeness (QED) is 0.213. The highest BCUT2D eigenvalue weighted by molar-refractivity contribution is 6.22. The molecule has 9 heteroatoms. The largest absolute Gasteiger partial charge is 0.489 e. The van der Waals surface area contributed by atoms with Crippen LogP contribution >= 0.6 is 0 Å². The number of hydrazine groups is 1. The van der Waals surface area contributed by atoms with Gasteiger partial charge in [0, 0.05) is 5.56 Å². The summed E-state index contributed by atoms with van der Waals surface area (Å²) in [4.78, 5) is 52.3. The smallest absolute Gasteiger partial charge is 0.342 e. The molecule has 2 aromatic carbocycles. The number of benzene rings is 2. The molecule has 0 aromatic heterocycles. The molecular formula is C23H20N2O7. The molecule has 1 fully saturated rings. The summed E-state index contributed by atoms with van der Waals surface area (Å²) in [6.45, 7) is 3.78. The van der Waals surface area contributed by atoms with E-state index in [0.717, 1.165) is 24.2 Å². The van der Waals surface area contributed by atoms with E-state index in [9.17, 15) is 19.2 Å². The molecule has 2 aliphatic heterocycles. The summed E-state index contributed by atoms with van der Waals surface area (Å²) in [7, 11) is 2.23. The zero-order valence-corrected chi connectivity index (χ0v) is 17.4. The normalized spacial score (nSPS) is 20.4. The number of carbonyl (C=O) groups is 4. The van der Waals surface area contributed by atoms with Crippen LogP contribution in [0.25, 0.3) is 0 Å². The van der Waals surface area contributed by atoms with Gasteiger partial charge in [-0.15, -0.1) is 0 Å². The second-order valence-electron chi connectivity index (χ2n) is 7.10. The molecular weight excluding hydrogens is 416 g/mol. The number of hydrogen-bond donors (Lipinski definition) is 0. The van der Waals surface area contributed by atoms with Gasteiger partial charge in [0.2, 0.25) is 0 Å². The van der Waals surface area contributed by atoms with Crippen molar-refractivity contribution < 1.29 is 33.4 Å². The van der Waals surface area contributed by atoms with Crippen LogP contribution in [0.5, 0.6) is 5.75 Å². The Hall–Kier alpha value is -3.98. The summed E-state index contributed by atoms with van der Waals surface area (Å²) in [6, 6.07) is 11.9. The highest BCUT2D eigenvalue weighted by Crippen LogP contribution is 2.58. The fourth-order valence-electron chi connectivity index (χ4n) is 4.07. The number of fused-ring (bicyclic) bond motifs is 1. The third kappa shape index (κ3) is 2.82. The second kappa shape index (κ2) is 7.93. The fraction of sp³-hybridized carbons (Fsp3) is 0.217. The average molecular weight is 436 g/mol. The highest BCUT2D eigenvalue weighted by atomic mass is 16.6. The number of imide groups is 1. The van der Waals surface area contributed by atoms with Gasteiger partial charge in [0.1, 0.15) is 18.4 Å². The van der Waals surface area contributed by atoms with Crippen LogP contribution in [0.4, 0.5) is 0 Å². The summed E-state index contributed by atoms with van der Waals surface area (Å²) in [5, 5.41) is 1.90. The summed E-state index contributed by atoms with van der Waals surface area (Å²) in [6.07, 6.45) is 1.54. The van der Waals surface area contributed by atoms with Crippen molar-refractivity contribution in [2.75, 3.05) is 20.8 Å². The van der Waals surface area contributed by atoms with Crippen molar-refractivity contribution in [2.45, 2.75) is 11.6 Å². The molecule has 2 amide bonds. The molecule has 2 atom stereocenters. The van der Waals surface area contributed by atoms with Crippen LogP contribution in [0.15, 0.2) is 61.2 Å². The number of rotatable bonds is 7. The second-order valence-corrected chi connectivity index (χ2v) is 7.10. The van der Waals surface area contributed by atoms with Crippen LogP contribution < -0.4 is 4.74 Å². The molecule has 2 heterocycles. The number of hydrogen-bond acceptors (Lipinski definition) is 8. The Kier molecular flexibility index (Phi) is 5.27. The van der Waals surface area contributed by atoms with E-state index >= 15 is 0 Å². The molecule has 0 bridgehead atoms. The highest BCUT2D eigenvalue weighted by Gasteiger charge is 2.80. The van der Waals surface area contributed by atoms with Gasteiger partial charge in [-0.2, -0.15) is 10.0 Å². The lowest BCUT2D eigenvalue weighted by molar-refractivity contribution is -0.159. The molecule has 2 aliphatic rings. The number of ether oxygens (including phenoxy) is 3. The molecule has 2 aromatic rings. The van der Waals surface area contributed by atoms with Crippen LogP contribution in [0.1, 0.15) is 32.3 Å². The molecule has 1 saturated heterocycles. The summed E-state index contributed by atoms with van der Waals surface area (Å²) < 4.78 is 15.5. The fourth-order valence-corrected chi connectivity index (χ4v) is 4.07. The van der Waals surface area contributed by atoms with E-state index in [4.69, 9.17) is 14.2 Å². The monoisotopic (exact) mass is 436 g/mol. The Labute approximate surface area is 183 Å². The van der Waals surface area contributed by atoms with Crippen LogP contribution in [0.2, 0.25) is 0 Å². The van der Waals surface area contributed by atoms with Gasteiger partial charge in [0.25, 0.3) is 17.4 Å². The maximum Gasteiger partial charge on any atom is 0.342 e. The minimum Gasteiger partial charge on any atom is -0.489 e. The van der Waals surface area contributed by atoms with Gasteiger partial charge in [-0.1, -0.05) is 43.0 Å². The van der Waals surface area contributed by atoms with Crippen LogP contribution in [-0.2, 0) is 19.1 Å². The SMILES string of the molecule is C=CCOc1ccccc1[C@@H]1N(N2C(=O)c3ccccc3C2=O)C1(C(=O)OC)C(=O)OC. The summed E-state index contributed by atoms with van der Waals surface area (Å²) in [5.74, 6) is -2.90. The van der Waals surface area contributed by atoms with Crippen molar-refractivity contribution in [3.63, 3.8) is 0 Å². The predicted octanol–water partition coefficient (Wildman–Crippen LogP) is 1.90. The van der Waals surface area contributed by atoms with Crippen molar-refractivity contribution in [1.29, 1.82) is 0 Å². The lowest BCUT2D eigenvalue weighted by atomic mass is 9.98. The van der Waals surface area contributed by atoms with E-state index in [-0.39, 0.29) is 17.7 Å². The van der Waals surface area contributed by atoms with Crippen molar-refractivity contribution in [2.24, 2.45) is 0 Å². The van der Waals surface area contributed by atoms with Gasteiger partial charge in [-0.05, 0) is 18.2 Å². The molecule has 0 aliphatic carbocycles. The first-order valence-electron chi connectivity index (χ1n) is 9.71. The Morgan fingerprint density at radius 1 is 0.969 bits per heavy atom. The Balaban J connectivity index is 1.88. The van der Waals surface area contributed by atoms with E-state index < -0.39 is 35.3 Å². The van der Waals surface area contributed by atoms with Crippen LogP contribution in [0.3, 0.4) is 0 Å². The number of esters is 2. The van der Waals surface area contributed by atoms with Crippen LogP contribution in [0, 0.1) is 0 Å². The van der Waals surface area contributed by atoms with Gasteiger partial charge in [-0.3, -0.25) is 9.59 Å². The molecule has 0 radical (unpaired) electrons. The number of para-hydroxylation sites is 1. The number of amides is 2. The number of nitrogens with zero attached hydrogens (tertiary/aromatic N) is 2. The number of methoxy groups -OCH3 is 2. The lowest BCUT2D eigenvalue weighted by Gasteiger charge is -2.19. The molecule has 0 N–H and O–H groups in total. The third-order valence-electron chi connectivity index (χ3n) is 5.49. The Morgan fingerprint density at radius 3 is 2.03 bits per heavy atom. The van der Waals surface area contributed by atoms with Gasteiger partial charge in [0.05, 0.1) is 25.3 Å². The predicted molar refractivity (Wildman–Crippen MR) is 110 cm³/mol. The lowest BCUT2D eigenvalue weighted by Crippen LogP contribution is -2.47. The first-order valence-corrected chi connectivity index (χ1v) is 9.71. The Bertz CT molecular complexity index is 1090. The maximum absolute atomic E-state index is 13.1. The Morgan fingerprint density at radius 2 is 1.50 bits per heavy atom. The molecule has 0 spiro atoms. The van der Waals surface area contributed by atoms with Gasteiger partial charge < -0.3 is 14.2 Å². The summed E-state index contributed by atoms with van der Waals surface area (Å²) in [5.41, 5.74) is -1.34. The van der Waals surface area contributed by atoms with Gasteiger partial charge in [0.15, 0.2) is 0 Å². The molecule has 164 valence electrons. The van der Waals surface area contributed by atoms with E-state index in [0.29, 0.717) is 11.3 Å². The molecule has 4 rings (SSSR count). The zero-order chi connectivity index (χ0) is 23.0. The molecule has 9 nitrogen and oxygen atoms in total. The van der Waals surface area contributed by atoms with Crippen LogP contribution in [-0.4, -0.2) is 60.1 Å². The first kappa shape index (κ1) is 21.3. The van der Waals surface area contributed by atoms with Crippen molar-refractivity contribution >= 4 is 23.8 Å². The minimum absolute atomic E-state index is 0.167. The third-order valence-corrected chi connectivity index (χ3v) is 5.49. The maximum atomic E-state index is 13.1. The average Bonchev–Trinajstić information content (AvgIpc) is 3.44. The van der Waals surface area contributed by atoms with Gasteiger partial charge >= 0.3 is 11.9 Å². The molecule has 1 unspecified atom stereocenters. The van der Waals surface area contributed by atoms with E-state index in [1.54, 1.807) is 42.5 Å². The van der Waals surface area contributed by atoms with E-state index in [1.165, 1.54) is 12.1 Å². The van der Waals surface area contributed by atoms with E-state index in [2.05, 4.69) is 6.58 Å². The van der Waals surface area contributed by atoms with Crippen molar-refractivity contribution in [1.82, 2.24) is 10.0 Å². The van der Waals surface area contributed by atoms with Gasteiger partial charge in [-0.25, -0.2) is 9.59 Å². The van der Waals surface area contributed by atoms with Crippen molar-refractivity contribution in [3.05, 3.63) is 77.9 Å². The first-order chi connectivity index (χ1) is 15.4. The number of carbonyl (C=O) groups excluding carboxylic acids is 4. The molecule has 32 heavy (non-hydrogen) atoms. The van der Waals surface area contributed by atoms with E-state index in [1.807, 2.05) is 0 Å². The van der Waals surface area contributed by atoms with Crippen molar-refractivity contribution in [3.8, 4) is 5.75 Å². The summed E-state index contributed by atoms with van der Waals surface area (Å²) >= 11 is 0. The topological polar surface area (TPSA) is 102 Å². The standard InChI is InChI=1S/C23H20N2O7/c1-4-13-32-17-12-8-7-11-16(17)18-23(21(28)30-2,22(29)31-3)25(18)24-19(26)14-9-5-6-10-15(14)20(24)27/h4-12,18H,1,13H2,2-3H3/t18-,25?/m0/s1.